The van der Waals surface area contributed by atoms with Crippen LogP contribution in [0.4, 0.5) is 4.79 Å². The third-order valence-corrected chi connectivity index (χ3v) is 6.10. The molecule has 4 N–H and O–H groups in total. The number of esters is 1. The number of alkyl carbamates (subject to hydrolysis) is 1. The summed E-state index contributed by atoms with van der Waals surface area (Å²) in [4.78, 5) is 60.0. The van der Waals surface area contributed by atoms with E-state index < -0.39 is 47.9 Å². The molecule has 0 saturated heterocycles. The van der Waals surface area contributed by atoms with E-state index in [1.807, 2.05) is 48.5 Å². The zero-order valence-corrected chi connectivity index (χ0v) is 21.7. The molecule has 3 rings (SSSR count). The molecule has 38 heavy (non-hydrogen) atoms. The molecule has 0 radical (unpaired) electrons. The van der Waals surface area contributed by atoms with Crippen LogP contribution in [0.3, 0.4) is 0 Å². The van der Waals surface area contributed by atoms with Gasteiger partial charge in [0.1, 0.15) is 24.7 Å². The lowest BCUT2D eigenvalue weighted by molar-refractivity contribution is -0.143. The predicted molar refractivity (Wildman–Crippen MR) is 138 cm³/mol. The van der Waals surface area contributed by atoms with Gasteiger partial charge in [-0.25, -0.2) is 4.79 Å². The Bertz CT molecular complexity index is 1170. The fraction of sp³-hybridized carbons (Fsp3) is 0.370. The molecule has 0 saturated carbocycles. The Labute approximate surface area is 220 Å². The largest absolute Gasteiger partial charge is 0.449 e. The van der Waals surface area contributed by atoms with Crippen molar-refractivity contribution in [2.24, 2.45) is 0 Å². The Kier molecular flexibility index (Phi) is 9.42. The van der Waals surface area contributed by atoms with Gasteiger partial charge >= 0.3 is 12.1 Å². The molecule has 202 valence electrons. The van der Waals surface area contributed by atoms with E-state index in [4.69, 9.17) is 4.74 Å². The van der Waals surface area contributed by atoms with Crippen molar-refractivity contribution in [2.45, 2.75) is 51.7 Å². The standard InChI is InChI=1S/C27H32N4O7/c1-15(24(33)28-14-38-18(4)32)29-25(34)16(2)30-26(35)17(3)31-27(36)37-13-23-21-11-7-5-9-19(21)20-10-6-8-12-22(20)23/h5-12,15-17,23H,13-14H2,1-4H3,(H,28,33)(H,29,34)(H,30,35)(H,31,36). The molecule has 3 atom stereocenters. The van der Waals surface area contributed by atoms with E-state index in [0.29, 0.717) is 0 Å². The number of rotatable bonds is 10. The number of hydrogen-bond donors (Lipinski definition) is 4. The molecular weight excluding hydrogens is 492 g/mol. The van der Waals surface area contributed by atoms with E-state index in [9.17, 15) is 24.0 Å². The maximum atomic E-state index is 12.5. The lowest BCUT2D eigenvalue weighted by Gasteiger charge is -2.20. The van der Waals surface area contributed by atoms with Crippen molar-refractivity contribution in [3.05, 3.63) is 59.7 Å². The summed E-state index contributed by atoms with van der Waals surface area (Å²) in [6, 6.07) is 13.0. The molecule has 0 spiro atoms. The highest BCUT2D eigenvalue weighted by Crippen LogP contribution is 2.44. The predicted octanol–water partition coefficient (Wildman–Crippen LogP) is 1.56. The zero-order chi connectivity index (χ0) is 27.8. The third kappa shape index (κ3) is 7.09. The average Bonchev–Trinajstić information content (AvgIpc) is 3.20. The highest BCUT2D eigenvalue weighted by atomic mass is 16.5. The fourth-order valence-electron chi connectivity index (χ4n) is 4.05. The fourth-order valence-corrected chi connectivity index (χ4v) is 4.05. The van der Waals surface area contributed by atoms with Crippen LogP contribution in [0.25, 0.3) is 11.1 Å². The first-order valence-electron chi connectivity index (χ1n) is 12.2. The summed E-state index contributed by atoms with van der Waals surface area (Å²) >= 11 is 0. The number of carbonyl (C=O) groups is 5. The number of fused-ring (bicyclic) bond motifs is 3. The number of carbonyl (C=O) groups excluding carboxylic acids is 5. The molecule has 11 heteroatoms. The van der Waals surface area contributed by atoms with Gasteiger partial charge in [-0.05, 0) is 43.0 Å². The van der Waals surface area contributed by atoms with Gasteiger partial charge in [0, 0.05) is 12.8 Å². The molecule has 2 aromatic rings. The normalized spacial score (nSPS) is 14.1. The molecule has 1 aliphatic rings. The molecule has 2 aromatic carbocycles. The van der Waals surface area contributed by atoms with Gasteiger partial charge in [-0.3, -0.25) is 19.2 Å². The van der Waals surface area contributed by atoms with Crippen LogP contribution in [0, 0.1) is 0 Å². The van der Waals surface area contributed by atoms with Crippen LogP contribution >= 0.6 is 0 Å². The quantitative estimate of drug-likeness (QED) is 0.272. The number of hydrogen-bond acceptors (Lipinski definition) is 7. The van der Waals surface area contributed by atoms with E-state index >= 15 is 0 Å². The first-order chi connectivity index (χ1) is 18.1. The summed E-state index contributed by atoms with van der Waals surface area (Å²) in [5.74, 6) is -2.45. The van der Waals surface area contributed by atoms with Crippen molar-refractivity contribution in [3.8, 4) is 11.1 Å². The monoisotopic (exact) mass is 524 g/mol. The van der Waals surface area contributed by atoms with Crippen molar-refractivity contribution in [3.63, 3.8) is 0 Å². The third-order valence-electron chi connectivity index (χ3n) is 6.10. The van der Waals surface area contributed by atoms with Gasteiger partial charge < -0.3 is 30.7 Å². The Hall–Kier alpha value is -4.41. The number of benzene rings is 2. The lowest BCUT2D eigenvalue weighted by Crippen LogP contribution is -2.54. The Balaban J connectivity index is 1.45. The van der Waals surface area contributed by atoms with Gasteiger partial charge in [0.2, 0.25) is 17.7 Å². The van der Waals surface area contributed by atoms with E-state index in [-0.39, 0.29) is 19.3 Å². The second kappa shape index (κ2) is 12.7. The Morgan fingerprint density at radius 3 is 1.71 bits per heavy atom. The van der Waals surface area contributed by atoms with E-state index in [1.165, 1.54) is 27.7 Å². The molecule has 0 bridgehead atoms. The average molecular weight is 525 g/mol. The maximum absolute atomic E-state index is 12.5. The summed E-state index contributed by atoms with van der Waals surface area (Å²) in [5.41, 5.74) is 4.35. The topological polar surface area (TPSA) is 152 Å². The summed E-state index contributed by atoms with van der Waals surface area (Å²) < 4.78 is 10.1. The van der Waals surface area contributed by atoms with Crippen LogP contribution in [-0.2, 0) is 28.7 Å². The van der Waals surface area contributed by atoms with Gasteiger partial charge in [-0.2, -0.15) is 0 Å². The van der Waals surface area contributed by atoms with Crippen LogP contribution in [-0.4, -0.2) is 61.2 Å². The Morgan fingerprint density at radius 2 is 1.18 bits per heavy atom. The molecule has 3 unspecified atom stereocenters. The van der Waals surface area contributed by atoms with Crippen LogP contribution in [0.1, 0.15) is 44.7 Å². The summed E-state index contributed by atoms with van der Waals surface area (Å²) in [5, 5.41) is 9.75. The van der Waals surface area contributed by atoms with Crippen LogP contribution in [0.5, 0.6) is 0 Å². The number of nitrogens with one attached hydrogen (secondary N) is 4. The van der Waals surface area contributed by atoms with Crippen LogP contribution in [0.15, 0.2) is 48.5 Å². The number of ether oxygens (including phenoxy) is 2. The molecule has 0 fully saturated rings. The second-order valence-corrected chi connectivity index (χ2v) is 8.97. The molecule has 0 aromatic heterocycles. The molecular formula is C27H32N4O7. The van der Waals surface area contributed by atoms with Crippen molar-refractivity contribution in [1.82, 2.24) is 21.3 Å². The Morgan fingerprint density at radius 1 is 0.711 bits per heavy atom. The van der Waals surface area contributed by atoms with Crippen LogP contribution in [0.2, 0.25) is 0 Å². The van der Waals surface area contributed by atoms with Crippen molar-refractivity contribution in [1.29, 1.82) is 0 Å². The van der Waals surface area contributed by atoms with E-state index in [0.717, 1.165) is 22.3 Å². The minimum atomic E-state index is -0.988. The molecule has 4 amide bonds. The van der Waals surface area contributed by atoms with Gasteiger partial charge in [0.05, 0.1) is 0 Å². The minimum Gasteiger partial charge on any atom is -0.449 e. The van der Waals surface area contributed by atoms with Gasteiger partial charge in [-0.15, -0.1) is 0 Å². The van der Waals surface area contributed by atoms with Crippen LogP contribution < -0.4 is 21.3 Å². The lowest BCUT2D eigenvalue weighted by atomic mass is 9.98. The first-order valence-corrected chi connectivity index (χ1v) is 12.2. The van der Waals surface area contributed by atoms with Crippen molar-refractivity contribution in [2.75, 3.05) is 13.3 Å². The summed E-state index contributed by atoms with van der Waals surface area (Å²) in [6.07, 6.45) is -0.760. The van der Waals surface area contributed by atoms with Gasteiger partial charge in [0.25, 0.3) is 0 Å². The summed E-state index contributed by atoms with van der Waals surface area (Å²) in [7, 11) is 0. The van der Waals surface area contributed by atoms with Gasteiger partial charge in [0.15, 0.2) is 6.73 Å². The van der Waals surface area contributed by atoms with E-state index in [1.54, 1.807) is 0 Å². The molecule has 1 aliphatic carbocycles. The first kappa shape index (κ1) is 28.2. The zero-order valence-electron chi connectivity index (χ0n) is 21.7. The number of amides is 4. The van der Waals surface area contributed by atoms with Gasteiger partial charge in [-0.1, -0.05) is 48.5 Å². The molecule has 0 aliphatic heterocycles. The SMILES string of the molecule is CC(=O)OCNC(=O)C(C)NC(=O)C(C)NC(=O)C(C)NC(=O)OCC1c2ccccc2-c2ccccc21. The summed E-state index contributed by atoms with van der Waals surface area (Å²) in [6.45, 7) is 5.33. The maximum Gasteiger partial charge on any atom is 0.407 e. The molecule has 11 nitrogen and oxygen atoms in total. The van der Waals surface area contributed by atoms with E-state index in [2.05, 4.69) is 26.0 Å². The second-order valence-electron chi connectivity index (χ2n) is 8.97. The highest BCUT2D eigenvalue weighted by Gasteiger charge is 2.29. The van der Waals surface area contributed by atoms with Crippen molar-refractivity contribution < 1.29 is 33.4 Å². The smallest absolute Gasteiger partial charge is 0.407 e. The molecule has 0 heterocycles. The van der Waals surface area contributed by atoms with Crippen molar-refractivity contribution >= 4 is 29.8 Å². The highest BCUT2D eigenvalue weighted by molar-refractivity contribution is 5.93. The minimum absolute atomic E-state index is 0.102.